The quantitative estimate of drug-likeness (QED) is 0.671. The molecule has 0 aromatic heterocycles. The number of anilines is 3. The standard InChI is InChI=1S/C18H21FN4O2/c1-20-12-3-5-13(6-4-12)23-18-17-15(19)9-14(25-8-7-24-2)10-16(17)21-11-22-18/h3-6,9-11,18,20,23H,7-8H2,1-2H3,(H,21,22). The van der Waals surface area contributed by atoms with Gasteiger partial charge in [-0.15, -0.1) is 0 Å². The lowest BCUT2D eigenvalue weighted by Gasteiger charge is -2.24. The highest BCUT2D eigenvalue weighted by atomic mass is 19.1. The van der Waals surface area contributed by atoms with Crippen LogP contribution < -0.4 is 20.7 Å². The van der Waals surface area contributed by atoms with E-state index in [1.165, 1.54) is 6.07 Å². The van der Waals surface area contributed by atoms with E-state index in [2.05, 4.69) is 20.9 Å². The molecule has 0 aliphatic carbocycles. The normalized spacial score (nSPS) is 15.2. The van der Waals surface area contributed by atoms with Gasteiger partial charge in [0, 0.05) is 37.7 Å². The summed E-state index contributed by atoms with van der Waals surface area (Å²) in [5.41, 5.74) is 2.95. The molecule has 0 amide bonds. The molecule has 0 saturated carbocycles. The predicted molar refractivity (Wildman–Crippen MR) is 98.2 cm³/mol. The van der Waals surface area contributed by atoms with Gasteiger partial charge in [-0.2, -0.15) is 0 Å². The summed E-state index contributed by atoms with van der Waals surface area (Å²) in [6, 6.07) is 10.9. The van der Waals surface area contributed by atoms with E-state index in [1.807, 2.05) is 31.3 Å². The van der Waals surface area contributed by atoms with Crippen molar-refractivity contribution in [2.24, 2.45) is 4.99 Å². The van der Waals surface area contributed by atoms with E-state index >= 15 is 0 Å². The maximum Gasteiger partial charge on any atom is 0.151 e. The van der Waals surface area contributed by atoms with Crippen molar-refractivity contribution in [3.05, 3.63) is 47.8 Å². The lowest BCUT2D eigenvalue weighted by molar-refractivity contribution is 0.146. The molecule has 0 bridgehead atoms. The van der Waals surface area contributed by atoms with Gasteiger partial charge in [0.1, 0.15) is 18.2 Å². The number of rotatable bonds is 7. The van der Waals surface area contributed by atoms with Crippen LogP contribution in [0, 0.1) is 5.82 Å². The Morgan fingerprint density at radius 2 is 1.92 bits per heavy atom. The van der Waals surface area contributed by atoms with Crippen LogP contribution >= 0.6 is 0 Å². The number of fused-ring (bicyclic) bond motifs is 1. The fourth-order valence-electron chi connectivity index (χ4n) is 2.57. The maximum absolute atomic E-state index is 14.6. The summed E-state index contributed by atoms with van der Waals surface area (Å²) in [7, 11) is 3.45. The zero-order valence-electron chi connectivity index (χ0n) is 14.2. The van der Waals surface area contributed by atoms with E-state index in [-0.39, 0.29) is 5.82 Å². The number of nitrogens with one attached hydrogen (secondary N) is 3. The van der Waals surface area contributed by atoms with E-state index in [0.29, 0.717) is 30.2 Å². The SMILES string of the molecule is CNc1ccc(NC2N=CNc3cc(OCCOC)cc(F)c32)cc1. The third-order valence-corrected chi connectivity index (χ3v) is 3.85. The molecule has 0 spiro atoms. The largest absolute Gasteiger partial charge is 0.491 e. The van der Waals surface area contributed by atoms with E-state index in [1.54, 1.807) is 19.5 Å². The molecule has 3 rings (SSSR count). The van der Waals surface area contributed by atoms with Crippen molar-refractivity contribution in [3.63, 3.8) is 0 Å². The summed E-state index contributed by atoms with van der Waals surface area (Å²) in [5.74, 6) is 0.0758. The minimum atomic E-state index is -0.510. The highest BCUT2D eigenvalue weighted by molar-refractivity contribution is 5.82. The molecular formula is C18H21FN4O2. The van der Waals surface area contributed by atoms with Crippen LogP contribution in [0.5, 0.6) is 5.75 Å². The zero-order valence-corrected chi connectivity index (χ0v) is 14.2. The van der Waals surface area contributed by atoms with Gasteiger partial charge in [-0.3, -0.25) is 0 Å². The highest BCUT2D eigenvalue weighted by Gasteiger charge is 2.23. The molecule has 1 heterocycles. The fraction of sp³-hybridized carbons (Fsp3) is 0.278. The number of aliphatic imine (C=N–C) groups is 1. The molecule has 7 heteroatoms. The molecule has 0 saturated heterocycles. The molecule has 1 atom stereocenters. The van der Waals surface area contributed by atoms with Gasteiger partial charge in [0.25, 0.3) is 0 Å². The smallest absolute Gasteiger partial charge is 0.151 e. The van der Waals surface area contributed by atoms with Crippen LogP contribution in [-0.4, -0.2) is 33.7 Å². The fourth-order valence-corrected chi connectivity index (χ4v) is 2.57. The van der Waals surface area contributed by atoms with Crippen LogP contribution in [-0.2, 0) is 4.74 Å². The third-order valence-electron chi connectivity index (χ3n) is 3.85. The molecule has 1 aliphatic heterocycles. The van der Waals surface area contributed by atoms with Crippen molar-refractivity contribution < 1.29 is 13.9 Å². The van der Waals surface area contributed by atoms with Crippen molar-refractivity contribution in [1.82, 2.24) is 0 Å². The number of benzene rings is 2. The van der Waals surface area contributed by atoms with Gasteiger partial charge >= 0.3 is 0 Å². The summed E-state index contributed by atoms with van der Waals surface area (Å²) in [6.07, 6.45) is 1.05. The van der Waals surface area contributed by atoms with Gasteiger partial charge in [0.15, 0.2) is 6.17 Å². The predicted octanol–water partition coefficient (Wildman–Crippen LogP) is 3.46. The Kier molecular flexibility index (Phi) is 5.35. The van der Waals surface area contributed by atoms with Crippen LogP contribution in [0.25, 0.3) is 0 Å². The molecule has 0 radical (unpaired) electrons. The van der Waals surface area contributed by atoms with E-state index in [9.17, 15) is 4.39 Å². The lowest BCUT2D eigenvalue weighted by atomic mass is 10.1. The molecule has 132 valence electrons. The van der Waals surface area contributed by atoms with Crippen LogP contribution in [0.1, 0.15) is 11.7 Å². The van der Waals surface area contributed by atoms with Crippen LogP contribution in [0.3, 0.4) is 0 Å². The average Bonchev–Trinajstić information content (AvgIpc) is 2.62. The monoisotopic (exact) mass is 344 g/mol. The van der Waals surface area contributed by atoms with Gasteiger partial charge in [-0.25, -0.2) is 9.38 Å². The molecule has 25 heavy (non-hydrogen) atoms. The Balaban J connectivity index is 1.79. The van der Waals surface area contributed by atoms with Gasteiger partial charge < -0.3 is 25.4 Å². The van der Waals surface area contributed by atoms with Crippen molar-refractivity contribution in [3.8, 4) is 5.75 Å². The number of methoxy groups -OCH3 is 1. The lowest BCUT2D eigenvalue weighted by Crippen LogP contribution is -2.19. The Morgan fingerprint density at radius 3 is 2.64 bits per heavy atom. The number of ether oxygens (including phenoxy) is 2. The second kappa shape index (κ2) is 7.85. The number of halogens is 1. The van der Waals surface area contributed by atoms with Gasteiger partial charge in [-0.1, -0.05) is 0 Å². The Bertz CT molecular complexity index is 749. The second-order valence-corrected chi connectivity index (χ2v) is 5.50. The summed E-state index contributed by atoms with van der Waals surface area (Å²) in [4.78, 5) is 4.31. The Morgan fingerprint density at radius 1 is 1.16 bits per heavy atom. The molecule has 6 nitrogen and oxygen atoms in total. The molecule has 2 aromatic rings. The average molecular weight is 344 g/mol. The van der Waals surface area contributed by atoms with Gasteiger partial charge in [0.2, 0.25) is 0 Å². The Labute approximate surface area is 146 Å². The first kappa shape index (κ1) is 17.0. The summed E-state index contributed by atoms with van der Waals surface area (Å²) in [5, 5.41) is 9.27. The number of hydrogen-bond acceptors (Lipinski definition) is 6. The summed E-state index contributed by atoms with van der Waals surface area (Å²) in [6.45, 7) is 0.808. The molecule has 1 aliphatic rings. The van der Waals surface area contributed by atoms with Crippen LogP contribution in [0.2, 0.25) is 0 Å². The first-order valence-corrected chi connectivity index (χ1v) is 7.99. The van der Waals surface area contributed by atoms with Crippen LogP contribution in [0.4, 0.5) is 21.5 Å². The molecule has 1 unspecified atom stereocenters. The first-order valence-electron chi connectivity index (χ1n) is 7.99. The minimum Gasteiger partial charge on any atom is -0.491 e. The van der Waals surface area contributed by atoms with Gasteiger partial charge in [0.05, 0.1) is 24.2 Å². The van der Waals surface area contributed by atoms with Crippen molar-refractivity contribution in [2.45, 2.75) is 6.17 Å². The minimum absolute atomic E-state index is 0.363. The molecular weight excluding hydrogens is 323 g/mol. The first-order chi connectivity index (χ1) is 12.2. The zero-order chi connectivity index (χ0) is 17.6. The number of hydrogen-bond donors (Lipinski definition) is 3. The Hall–Kier alpha value is -2.80. The summed E-state index contributed by atoms with van der Waals surface area (Å²) < 4.78 is 25.1. The van der Waals surface area contributed by atoms with E-state index in [4.69, 9.17) is 9.47 Å². The van der Waals surface area contributed by atoms with E-state index < -0.39 is 6.17 Å². The topological polar surface area (TPSA) is 66.9 Å². The molecule has 2 aromatic carbocycles. The van der Waals surface area contributed by atoms with Crippen molar-refractivity contribution in [1.29, 1.82) is 0 Å². The van der Waals surface area contributed by atoms with Crippen molar-refractivity contribution in [2.75, 3.05) is 43.3 Å². The third kappa shape index (κ3) is 4.00. The van der Waals surface area contributed by atoms with Crippen molar-refractivity contribution >= 4 is 23.4 Å². The summed E-state index contributed by atoms with van der Waals surface area (Å²) >= 11 is 0. The molecule has 0 fully saturated rings. The number of nitrogens with zero attached hydrogens (tertiary/aromatic N) is 1. The molecule has 3 N–H and O–H groups in total. The van der Waals surface area contributed by atoms with E-state index in [0.717, 1.165) is 11.4 Å². The van der Waals surface area contributed by atoms with Crippen LogP contribution in [0.15, 0.2) is 41.4 Å². The highest BCUT2D eigenvalue weighted by Crippen LogP contribution is 2.35. The van der Waals surface area contributed by atoms with Gasteiger partial charge in [-0.05, 0) is 24.3 Å². The second-order valence-electron chi connectivity index (χ2n) is 5.50. The maximum atomic E-state index is 14.6.